The van der Waals surface area contributed by atoms with Crippen molar-refractivity contribution in [3.63, 3.8) is 0 Å². The first-order valence-electron chi connectivity index (χ1n) is 7.28. The first-order valence-corrected chi connectivity index (χ1v) is 7.28. The molecule has 0 amide bonds. The maximum absolute atomic E-state index is 12.0. The minimum absolute atomic E-state index is 0.00264. The quantitative estimate of drug-likeness (QED) is 0.798. The second-order valence-electron chi connectivity index (χ2n) is 5.60. The van der Waals surface area contributed by atoms with Gasteiger partial charge in [0, 0.05) is 12.8 Å². The van der Waals surface area contributed by atoms with Crippen molar-refractivity contribution in [2.24, 2.45) is 11.8 Å². The summed E-state index contributed by atoms with van der Waals surface area (Å²) < 4.78 is 15.7. The van der Waals surface area contributed by atoms with Crippen LogP contribution >= 0.6 is 0 Å². The van der Waals surface area contributed by atoms with Gasteiger partial charge >= 0.3 is 11.9 Å². The van der Waals surface area contributed by atoms with Crippen LogP contribution in [0.25, 0.3) is 5.57 Å². The molecule has 1 aliphatic carbocycles. The number of rotatable bonds is 4. The van der Waals surface area contributed by atoms with Gasteiger partial charge in [0.2, 0.25) is 0 Å². The van der Waals surface area contributed by atoms with E-state index in [1.807, 2.05) is 30.3 Å². The molecule has 0 spiro atoms. The van der Waals surface area contributed by atoms with E-state index in [0.717, 1.165) is 16.9 Å². The Labute approximate surface area is 128 Å². The fraction of sp³-hybridized carbons (Fsp3) is 0.412. The molecule has 1 saturated heterocycles. The van der Waals surface area contributed by atoms with E-state index in [1.54, 1.807) is 7.11 Å². The van der Waals surface area contributed by atoms with Crippen molar-refractivity contribution in [2.45, 2.75) is 19.4 Å². The summed E-state index contributed by atoms with van der Waals surface area (Å²) in [7, 11) is 1.62. The van der Waals surface area contributed by atoms with Crippen LogP contribution in [0.1, 0.15) is 18.9 Å². The molecule has 3 aliphatic rings. The third-order valence-electron chi connectivity index (χ3n) is 4.19. The van der Waals surface area contributed by atoms with Crippen LogP contribution in [0.3, 0.4) is 0 Å². The van der Waals surface area contributed by atoms with Gasteiger partial charge in [-0.1, -0.05) is 18.2 Å². The molecule has 5 nitrogen and oxygen atoms in total. The summed E-state index contributed by atoms with van der Waals surface area (Å²) >= 11 is 0. The zero-order valence-electron chi connectivity index (χ0n) is 12.6. The normalized spacial score (nSPS) is 26.2. The molecule has 4 rings (SSSR count). The molecule has 3 atom stereocenters. The monoisotopic (exact) mass is 302 g/mol. The fourth-order valence-electron chi connectivity index (χ4n) is 3.04. The van der Waals surface area contributed by atoms with Crippen molar-refractivity contribution in [1.29, 1.82) is 0 Å². The summed E-state index contributed by atoms with van der Waals surface area (Å²) in [4.78, 5) is 22.9. The van der Waals surface area contributed by atoms with Crippen LogP contribution in [0, 0.1) is 11.8 Å². The largest absolute Gasteiger partial charge is 0.497 e. The Morgan fingerprint density at radius 1 is 1.32 bits per heavy atom. The summed E-state index contributed by atoms with van der Waals surface area (Å²) in [6.07, 6.45) is 2.36. The van der Waals surface area contributed by atoms with Crippen LogP contribution in [-0.4, -0.2) is 31.8 Å². The maximum atomic E-state index is 12.0. The highest BCUT2D eigenvalue weighted by Crippen LogP contribution is 2.42. The highest BCUT2D eigenvalue weighted by molar-refractivity contribution is 5.86. The van der Waals surface area contributed by atoms with E-state index in [4.69, 9.17) is 14.2 Å². The van der Waals surface area contributed by atoms with Gasteiger partial charge in [-0.05, 0) is 29.7 Å². The maximum Gasteiger partial charge on any atom is 0.313 e. The minimum Gasteiger partial charge on any atom is -0.497 e. The molecule has 22 heavy (non-hydrogen) atoms. The zero-order chi connectivity index (χ0) is 15.7. The minimum atomic E-state index is -0.346. The first kappa shape index (κ1) is 14.6. The summed E-state index contributed by atoms with van der Waals surface area (Å²) in [6, 6.07) is 7.69. The van der Waals surface area contributed by atoms with E-state index in [-0.39, 0.29) is 36.5 Å². The standard InChI is InChI=1S/C17H18O5/c1-10(18)21-9-12-7-16-14(8-15(12)17(19)22-16)11-3-5-13(20-2)6-4-11/h3-6,8,12,15-16H,7,9H2,1-2H3/t12-,15+,16+/m1/s1. The predicted octanol–water partition coefficient (Wildman–Crippen LogP) is 2.20. The van der Waals surface area contributed by atoms with Gasteiger partial charge in [-0.15, -0.1) is 0 Å². The van der Waals surface area contributed by atoms with E-state index >= 15 is 0 Å². The molecule has 0 unspecified atom stereocenters. The summed E-state index contributed by atoms with van der Waals surface area (Å²) in [5.41, 5.74) is 2.04. The fourth-order valence-corrected chi connectivity index (χ4v) is 3.04. The Kier molecular flexibility index (Phi) is 3.88. The molecule has 0 radical (unpaired) electrons. The van der Waals surface area contributed by atoms with Crippen LogP contribution in [0.2, 0.25) is 0 Å². The van der Waals surface area contributed by atoms with Crippen LogP contribution in [-0.2, 0) is 19.1 Å². The van der Waals surface area contributed by atoms with Gasteiger partial charge in [-0.3, -0.25) is 9.59 Å². The van der Waals surface area contributed by atoms with Crippen molar-refractivity contribution in [3.05, 3.63) is 35.9 Å². The summed E-state index contributed by atoms with van der Waals surface area (Å²) in [6.45, 7) is 1.63. The Hall–Kier alpha value is -2.30. The number of methoxy groups -OCH3 is 1. The predicted molar refractivity (Wildman–Crippen MR) is 79.1 cm³/mol. The average molecular weight is 302 g/mol. The summed E-state index contributed by atoms with van der Waals surface area (Å²) in [5, 5.41) is 0. The molecule has 0 N–H and O–H groups in total. The van der Waals surface area contributed by atoms with E-state index in [9.17, 15) is 9.59 Å². The van der Waals surface area contributed by atoms with Gasteiger partial charge in [0.1, 0.15) is 11.9 Å². The van der Waals surface area contributed by atoms with Crippen molar-refractivity contribution in [1.82, 2.24) is 0 Å². The third-order valence-corrected chi connectivity index (χ3v) is 4.19. The van der Waals surface area contributed by atoms with Crippen LogP contribution < -0.4 is 4.74 Å². The van der Waals surface area contributed by atoms with Gasteiger partial charge < -0.3 is 14.2 Å². The van der Waals surface area contributed by atoms with E-state index in [1.165, 1.54) is 6.92 Å². The highest BCUT2D eigenvalue weighted by atomic mass is 16.6. The van der Waals surface area contributed by atoms with Crippen LogP contribution in [0.5, 0.6) is 5.75 Å². The van der Waals surface area contributed by atoms with Crippen molar-refractivity contribution < 1.29 is 23.8 Å². The number of esters is 2. The van der Waals surface area contributed by atoms with E-state index in [2.05, 4.69) is 0 Å². The Morgan fingerprint density at radius 3 is 2.64 bits per heavy atom. The van der Waals surface area contributed by atoms with Crippen molar-refractivity contribution in [3.8, 4) is 5.75 Å². The molecular weight excluding hydrogens is 284 g/mol. The molecule has 2 bridgehead atoms. The smallest absolute Gasteiger partial charge is 0.313 e. The van der Waals surface area contributed by atoms with Gasteiger partial charge in [0.15, 0.2) is 0 Å². The number of carbonyl (C=O) groups is 2. The van der Waals surface area contributed by atoms with Crippen molar-refractivity contribution >= 4 is 17.5 Å². The Bertz CT molecular complexity index is 616. The number of hydrogen-bond acceptors (Lipinski definition) is 5. The zero-order valence-corrected chi connectivity index (χ0v) is 12.6. The topological polar surface area (TPSA) is 61.8 Å². The molecular formula is C17H18O5. The van der Waals surface area contributed by atoms with Crippen LogP contribution in [0.4, 0.5) is 0 Å². The first-order chi connectivity index (χ1) is 10.6. The lowest BCUT2D eigenvalue weighted by molar-refractivity contribution is -0.164. The van der Waals surface area contributed by atoms with Gasteiger partial charge in [0.05, 0.1) is 19.6 Å². The van der Waals surface area contributed by atoms with E-state index in [0.29, 0.717) is 6.42 Å². The lowest BCUT2D eigenvalue weighted by Gasteiger charge is -2.40. The lowest BCUT2D eigenvalue weighted by Crippen LogP contribution is -2.44. The summed E-state index contributed by atoms with van der Waals surface area (Å²) in [5.74, 6) is -0.117. The van der Waals surface area contributed by atoms with Gasteiger partial charge in [0.25, 0.3) is 0 Å². The van der Waals surface area contributed by atoms with E-state index < -0.39 is 0 Å². The molecule has 2 aliphatic heterocycles. The Morgan fingerprint density at radius 2 is 2.05 bits per heavy atom. The SMILES string of the molecule is COc1ccc(C2=C[C@@H]3C(=O)O[C@H]2C[C@@H]3COC(C)=O)cc1. The van der Waals surface area contributed by atoms with Gasteiger partial charge in [-0.25, -0.2) is 0 Å². The number of carbonyl (C=O) groups excluding carboxylic acids is 2. The molecule has 0 saturated carbocycles. The molecule has 1 fully saturated rings. The second-order valence-corrected chi connectivity index (χ2v) is 5.60. The second kappa shape index (κ2) is 5.83. The molecule has 116 valence electrons. The third kappa shape index (κ3) is 2.71. The molecule has 1 aromatic carbocycles. The number of fused-ring (bicyclic) bond motifs is 2. The number of ether oxygens (including phenoxy) is 3. The van der Waals surface area contributed by atoms with Crippen molar-refractivity contribution in [2.75, 3.05) is 13.7 Å². The molecule has 5 heteroatoms. The molecule has 0 aromatic heterocycles. The Balaban J connectivity index is 1.82. The molecule has 2 heterocycles. The number of hydrogen-bond donors (Lipinski definition) is 0. The van der Waals surface area contributed by atoms with Gasteiger partial charge in [-0.2, -0.15) is 0 Å². The average Bonchev–Trinajstić information content (AvgIpc) is 2.53. The van der Waals surface area contributed by atoms with Crippen LogP contribution in [0.15, 0.2) is 30.3 Å². The highest BCUT2D eigenvalue weighted by Gasteiger charge is 2.44. The number of benzene rings is 1. The lowest BCUT2D eigenvalue weighted by atomic mass is 9.75. The molecule has 1 aromatic rings.